The van der Waals surface area contributed by atoms with Crippen LogP contribution in [0.4, 0.5) is 13.2 Å². The Kier molecular flexibility index (Phi) is 4.44. The minimum Gasteiger partial charge on any atom is -0.339 e. The van der Waals surface area contributed by atoms with Crippen LogP contribution in [0, 0.1) is 0 Å². The lowest BCUT2D eigenvalue weighted by atomic mass is 9.86. The Labute approximate surface area is 109 Å². The van der Waals surface area contributed by atoms with Crippen molar-refractivity contribution in [3.05, 3.63) is 11.7 Å². The van der Waals surface area contributed by atoms with Crippen molar-refractivity contribution in [2.75, 3.05) is 6.54 Å². The highest BCUT2D eigenvalue weighted by Crippen LogP contribution is 2.34. The summed E-state index contributed by atoms with van der Waals surface area (Å²) in [6, 6.07) is 0.459. The summed E-state index contributed by atoms with van der Waals surface area (Å²) in [4.78, 5) is 3.47. The van der Waals surface area contributed by atoms with Crippen LogP contribution in [0.25, 0.3) is 0 Å². The van der Waals surface area contributed by atoms with E-state index < -0.39 is 12.0 Å². The van der Waals surface area contributed by atoms with Gasteiger partial charge in [0.1, 0.15) is 0 Å². The summed E-state index contributed by atoms with van der Waals surface area (Å²) in [5, 5.41) is 6.43. The fraction of sp³-hybridized carbons (Fsp3) is 0.833. The second kappa shape index (κ2) is 5.90. The van der Waals surface area contributed by atoms with Gasteiger partial charge in [-0.05, 0) is 38.6 Å². The summed E-state index contributed by atoms with van der Waals surface area (Å²) in [6.07, 6.45) is 0.0186. The highest BCUT2D eigenvalue weighted by molar-refractivity contribution is 4.99. The van der Waals surface area contributed by atoms with Gasteiger partial charge in [-0.15, -0.1) is 0 Å². The highest BCUT2D eigenvalue weighted by atomic mass is 19.4. The molecule has 4 nitrogen and oxygen atoms in total. The van der Waals surface area contributed by atoms with E-state index in [1.165, 1.54) is 0 Å². The van der Waals surface area contributed by atoms with Crippen LogP contribution in [0.15, 0.2) is 4.52 Å². The molecule has 0 saturated heterocycles. The van der Waals surface area contributed by atoms with Crippen LogP contribution in [-0.4, -0.2) is 22.7 Å². The van der Waals surface area contributed by atoms with Crippen LogP contribution >= 0.6 is 0 Å². The van der Waals surface area contributed by atoms with Crippen LogP contribution in [0.3, 0.4) is 0 Å². The number of halogens is 3. The summed E-state index contributed by atoms with van der Waals surface area (Å²) in [5.74, 6) is -1.08. The summed E-state index contributed by atoms with van der Waals surface area (Å²) >= 11 is 0. The molecule has 1 aromatic rings. The molecule has 2 rings (SSSR count). The topological polar surface area (TPSA) is 51.0 Å². The average Bonchev–Trinajstić information content (AvgIpc) is 2.86. The quantitative estimate of drug-likeness (QED) is 0.918. The van der Waals surface area contributed by atoms with E-state index in [1.54, 1.807) is 0 Å². The van der Waals surface area contributed by atoms with Gasteiger partial charge in [0.05, 0.1) is 0 Å². The fourth-order valence-electron chi connectivity index (χ4n) is 2.41. The normalized spacial score (nSPS) is 24.6. The first kappa shape index (κ1) is 14.3. The monoisotopic (exact) mass is 277 g/mol. The lowest BCUT2D eigenvalue weighted by Crippen LogP contribution is -2.33. The Morgan fingerprint density at radius 2 is 1.95 bits per heavy atom. The van der Waals surface area contributed by atoms with Crippen LogP contribution < -0.4 is 5.32 Å². The van der Waals surface area contributed by atoms with Gasteiger partial charge >= 0.3 is 6.18 Å². The molecule has 7 heteroatoms. The Morgan fingerprint density at radius 3 is 2.47 bits per heavy atom. The van der Waals surface area contributed by atoms with E-state index in [4.69, 9.17) is 4.52 Å². The van der Waals surface area contributed by atoms with Gasteiger partial charge in [0, 0.05) is 12.0 Å². The van der Waals surface area contributed by atoms with Gasteiger partial charge in [0.25, 0.3) is 5.82 Å². The fourth-order valence-corrected chi connectivity index (χ4v) is 2.41. The Balaban J connectivity index is 1.89. The number of alkyl halides is 3. The highest BCUT2D eigenvalue weighted by Gasteiger charge is 2.38. The molecule has 0 aliphatic heterocycles. The molecule has 0 unspecified atom stereocenters. The molecule has 1 heterocycles. The summed E-state index contributed by atoms with van der Waals surface area (Å²) < 4.78 is 41.9. The Hall–Kier alpha value is -1.11. The van der Waals surface area contributed by atoms with E-state index in [0.29, 0.717) is 6.04 Å². The number of hydrogen-bond acceptors (Lipinski definition) is 4. The molecule has 19 heavy (non-hydrogen) atoms. The molecular formula is C12H18F3N3O. The van der Waals surface area contributed by atoms with Crippen molar-refractivity contribution in [1.29, 1.82) is 0 Å². The predicted octanol–water partition coefficient (Wildman–Crippen LogP) is 3.11. The van der Waals surface area contributed by atoms with Gasteiger partial charge in [-0.1, -0.05) is 12.1 Å². The van der Waals surface area contributed by atoms with Gasteiger partial charge in [0.2, 0.25) is 5.89 Å². The SMILES string of the molecule is CCCNC1CCC(c2nc(C(F)(F)F)no2)CC1. The lowest BCUT2D eigenvalue weighted by Gasteiger charge is -2.27. The lowest BCUT2D eigenvalue weighted by molar-refractivity contribution is -0.146. The van der Waals surface area contributed by atoms with Crippen LogP contribution in [0.2, 0.25) is 0 Å². The molecule has 108 valence electrons. The maximum Gasteiger partial charge on any atom is 0.455 e. The minimum absolute atomic E-state index is 0.0386. The van der Waals surface area contributed by atoms with Crippen LogP contribution in [0.1, 0.15) is 56.7 Å². The number of hydrogen-bond donors (Lipinski definition) is 1. The second-order valence-corrected chi connectivity index (χ2v) is 4.96. The zero-order valence-corrected chi connectivity index (χ0v) is 10.8. The van der Waals surface area contributed by atoms with E-state index in [9.17, 15) is 13.2 Å². The van der Waals surface area contributed by atoms with Gasteiger partial charge in [-0.3, -0.25) is 0 Å². The van der Waals surface area contributed by atoms with Crippen molar-refractivity contribution < 1.29 is 17.7 Å². The van der Waals surface area contributed by atoms with Gasteiger partial charge in [-0.2, -0.15) is 18.2 Å². The largest absolute Gasteiger partial charge is 0.455 e. The predicted molar refractivity (Wildman–Crippen MR) is 62.6 cm³/mol. The molecule has 1 fully saturated rings. The van der Waals surface area contributed by atoms with E-state index in [0.717, 1.165) is 38.6 Å². The minimum atomic E-state index is -4.53. The van der Waals surface area contributed by atoms with Crippen LogP contribution in [-0.2, 0) is 6.18 Å². The molecule has 1 aliphatic rings. The zero-order chi connectivity index (χ0) is 13.9. The zero-order valence-electron chi connectivity index (χ0n) is 10.8. The molecule has 1 aliphatic carbocycles. The standard InChI is InChI=1S/C12H18F3N3O/c1-2-7-16-9-5-3-8(4-6-9)10-17-11(18-19-10)12(13,14)15/h8-9,16H,2-7H2,1H3. The van der Waals surface area contributed by atoms with Crippen molar-refractivity contribution in [3.63, 3.8) is 0 Å². The number of nitrogens with one attached hydrogen (secondary N) is 1. The van der Waals surface area contributed by atoms with Crippen molar-refractivity contribution in [3.8, 4) is 0 Å². The number of aromatic nitrogens is 2. The van der Waals surface area contributed by atoms with E-state index >= 15 is 0 Å². The molecule has 0 aromatic carbocycles. The molecule has 0 radical (unpaired) electrons. The summed E-state index contributed by atoms with van der Waals surface area (Å²) in [5.41, 5.74) is 0. The number of rotatable bonds is 4. The van der Waals surface area contributed by atoms with Crippen molar-refractivity contribution in [1.82, 2.24) is 15.5 Å². The molecule has 0 spiro atoms. The van der Waals surface area contributed by atoms with Gasteiger partial charge in [0.15, 0.2) is 0 Å². The van der Waals surface area contributed by atoms with E-state index in [1.807, 2.05) is 0 Å². The van der Waals surface area contributed by atoms with E-state index in [2.05, 4.69) is 22.4 Å². The Morgan fingerprint density at radius 1 is 1.26 bits per heavy atom. The molecule has 1 saturated carbocycles. The molecular weight excluding hydrogens is 259 g/mol. The maximum atomic E-state index is 12.4. The van der Waals surface area contributed by atoms with Crippen molar-refractivity contribution in [2.24, 2.45) is 0 Å². The van der Waals surface area contributed by atoms with Crippen molar-refractivity contribution >= 4 is 0 Å². The maximum absolute atomic E-state index is 12.4. The third-order valence-electron chi connectivity index (χ3n) is 3.45. The van der Waals surface area contributed by atoms with E-state index in [-0.39, 0.29) is 11.8 Å². The van der Waals surface area contributed by atoms with Crippen molar-refractivity contribution in [2.45, 2.75) is 57.2 Å². The third kappa shape index (κ3) is 3.68. The summed E-state index contributed by atoms with van der Waals surface area (Å²) in [6.45, 7) is 3.09. The first-order chi connectivity index (χ1) is 9.00. The molecule has 1 N–H and O–H groups in total. The Bertz CT molecular complexity index is 397. The first-order valence-electron chi connectivity index (χ1n) is 6.65. The molecule has 0 amide bonds. The molecule has 1 aromatic heterocycles. The smallest absolute Gasteiger partial charge is 0.339 e. The van der Waals surface area contributed by atoms with Crippen LogP contribution in [0.5, 0.6) is 0 Å². The molecule has 0 bridgehead atoms. The third-order valence-corrected chi connectivity index (χ3v) is 3.45. The number of nitrogens with zero attached hydrogens (tertiary/aromatic N) is 2. The average molecular weight is 277 g/mol. The first-order valence-corrected chi connectivity index (χ1v) is 6.65. The summed E-state index contributed by atoms with van der Waals surface area (Å²) in [7, 11) is 0. The molecule has 0 atom stereocenters. The second-order valence-electron chi connectivity index (χ2n) is 4.96. The van der Waals surface area contributed by atoms with Gasteiger partial charge in [-0.25, -0.2) is 0 Å². The van der Waals surface area contributed by atoms with Gasteiger partial charge < -0.3 is 9.84 Å².